The molecule has 5 nitrogen and oxygen atoms in total. The number of piperazine rings is 1. The summed E-state index contributed by atoms with van der Waals surface area (Å²) in [4.78, 5) is 8.48. The first-order chi connectivity index (χ1) is 14.0. The minimum Gasteiger partial charge on any atom is 0.0394 e. The van der Waals surface area contributed by atoms with Gasteiger partial charge in [0.1, 0.15) is 0 Å². The van der Waals surface area contributed by atoms with Crippen LogP contribution in [0.2, 0.25) is 0 Å². The molecule has 1 fully saturated rings. The first-order valence-corrected chi connectivity index (χ1v) is 12.4. The normalized spacial score (nSPS) is 17.4. The number of aromatic nitrogens is 3. The van der Waals surface area contributed by atoms with E-state index in [4.69, 9.17) is 0 Å². The number of rotatable bonds is 4. The third-order valence-electron chi connectivity index (χ3n) is 5.40. The van der Waals surface area contributed by atoms with E-state index in [1.165, 1.54) is 17.2 Å². The Kier molecular flexibility index (Phi) is 6.19. The minimum absolute atomic E-state index is 0.551. The summed E-state index contributed by atoms with van der Waals surface area (Å²) in [7, 11) is 0. The van der Waals surface area contributed by atoms with Crippen molar-refractivity contribution < 1.29 is 13.2 Å². The van der Waals surface area contributed by atoms with Crippen molar-refractivity contribution in [3.8, 4) is 0 Å². The van der Waals surface area contributed by atoms with Crippen LogP contribution >= 0.6 is 0 Å². The summed E-state index contributed by atoms with van der Waals surface area (Å²) >= 11 is 1.08. The fourth-order valence-corrected chi connectivity index (χ4v) is 4.91. The summed E-state index contributed by atoms with van der Waals surface area (Å²) in [5, 5.41) is 9.03. The van der Waals surface area contributed by atoms with E-state index in [1.807, 2.05) is 0 Å². The molecule has 0 atom stereocenters. The molecule has 0 saturated carbocycles. The molecule has 2 aromatic heterocycles. The molecule has 9 heteroatoms. The molecule has 0 spiro atoms. The van der Waals surface area contributed by atoms with Crippen molar-refractivity contribution in [1.82, 2.24) is 20.1 Å². The molecule has 1 saturated heterocycles. The van der Waals surface area contributed by atoms with E-state index >= 15 is 0 Å². The van der Waals surface area contributed by atoms with Crippen LogP contribution in [0.5, 0.6) is 0 Å². The summed E-state index contributed by atoms with van der Waals surface area (Å²) in [5.74, 6) is 0.960. The van der Waals surface area contributed by atoms with Crippen LogP contribution in [0.1, 0.15) is 34.5 Å². The van der Waals surface area contributed by atoms with Gasteiger partial charge in [0.25, 0.3) is 0 Å². The summed E-state index contributed by atoms with van der Waals surface area (Å²) in [6.07, 6.45) is 3.05. The Balaban J connectivity index is 1.41. The first kappa shape index (κ1) is 20.7. The molecule has 0 bridgehead atoms. The smallest absolute Gasteiger partial charge is 0.0394 e. The fourth-order valence-electron chi connectivity index (χ4n) is 3.80. The molecule has 3 radical (unpaired) electrons. The second-order valence-electron chi connectivity index (χ2n) is 7.28. The molecule has 0 amide bonds. The maximum atomic E-state index is 12.7. The standard InChI is InChI=1S/C20H21F3N5.Pb/c1-14-17-4-2-3-5-18(17)19(26-25-14)28-10-8-27(9-11-28)13-16-7-6-15(12-24-16)20(21,22)23;/h3,5-7,12H,1-2,4,8-11,13H2;. The molecule has 1 aliphatic carbocycles. The van der Waals surface area contributed by atoms with Crippen molar-refractivity contribution in [2.24, 2.45) is 0 Å². The molecule has 29 heavy (non-hydrogen) atoms. The molecule has 1 aliphatic heterocycles. The quantitative estimate of drug-likeness (QED) is 0.509. The number of hydrogen-bond acceptors (Lipinski definition) is 5. The van der Waals surface area contributed by atoms with Gasteiger partial charge < -0.3 is 0 Å². The van der Waals surface area contributed by atoms with Gasteiger partial charge in [-0.05, 0) is 6.07 Å². The van der Waals surface area contributed by atoms with Crippen molar-refractivity contribution in [2.45, 2.75) is 29.5 Å². The van der Waals surface area contributed by atoms with Crippen molar-refractivity contribution in [3.05, 3.63) is 52.5 Å². The molecule has 0 unspecified atom stereocenters. The monoisotopic (exact) mass is 596 g/mol. The van der Waals surface area contributed by atoms with Crippen LogP contribution in [-0.4, -0.2) is 72.0 Å². The third-order valence-corrected chi connectivity index (χ3v) is 6.70. The molecular weight excluding hydrogens is 574 g/mol. The zero-order chi connectivity index (χ0) is 20.4. The second kappa shape index (κ2) is 8.67. The van der Waals surface area contributed by atoms with Crippen LogP contribution in [-0.2, 0) is 23.1 Å². The SMILES string of the molecule is FC(F)(F)c1ccc(CN2CCN(c3nnc([CH2][Pb])c4c3C=CCC4)CC2)nc1. The fraction of sp³-hybridized carbons (Fsp3) is 0.450. The average Bonchev–Trinajstić information content (AvgIpc) is 2.73. The van der Waals surface area contributed by atoms with Crippen molar-refractivity contribution in [1.29, 1.82) is 0 Å². The molecule has 151 valence electrons. The number of nitrogens with zero attached hydrogens (tertiary/aromatic N) is 5. The van der Waals surface area contributed by atoms with Crippen molar-refractivity contribution in [2.75, 3.05) is 31.1 Å². The Morgan fingerprint density at radius 3 is 2.52 bits per heavy atom. The molecule has 3 heterocycles. The Morgan fingerprint density at radius 2 is 1.86 bits per heavy atom. The molecular formula is C20H21F3N5Pb. The van der Waals surface area contributed by atoms with Gasteiger partial charge in [-0.15, -0.1) is 0 Å². The number of alkyl halides is 3. The Labute approximate surface area is 183 Å². The number of hydrogen-bond donors (Lipinski definition) is 0. The van der Waals surface area contributed by atoms with Crippen molar-refractivity contribution in [3.63, 3.8) is 0 Å². The van der Waals surface area contributed by atoms with Gasteiger partial charge in [-0.3, -0.25) is 0 Å². The molecule has 0 aromatic carbocycles. The Morgan fingerprint density at radius 1 is 1.07 bits per heavy atom. The van der Waals surface area contributed by atoms with Crippen LogP contribution in [0.25, 0.3) is 6.08 Å². The number of anilines is 1. The van der Waals surface area contributed by atoms with E-state index in [0.29, 0.717) is 12.2 Å². The molecule has 0 N–H and O–H groups in total. The summed E-state index contributed by atoms with van der Waals surface area (Å²) < 4.78 is 39.1. The van der Waals surface area contributed by atoms with Crippen LogP contribution in [0.4, 0.5) is 19.0 Å². The first-order valence-electron chi connectivity index (χ1n) is 9.64. The topological polar surface area (TPSA) is 45.2 Å². The van der Waals surface area contributed by atoms with Gasteiger partial charge in [0.15, 0.2) is 0 Å². The van der Waals surface area contributed by atoms with Gasteiger partial charge in [0.05, 0.1) is 5.56 Å². The second-order valence-corrected chi connectivity index (χ2v) is 8.65. The van der Waals surface area contributed by atoms with E-state index < -0.39 is 11.7 Å². The van der Waals surface area contributed by atoms with E-state index in [1.54, 1.807) is 0 Å². The molecule has 4 rings (SSSR count). The van der Waals surface area contributed by atoms with Crippen LogP contribution in [0, 0.1) is 0 Å². The Hall–Kier alpha value is -1.56. The van der Waals surface area contributed by atoms with Gasteiger partial charge in [0, 0.05) is 6.20 Å². The zero-order valence-electron chi connectivity index (χ0n) is 15.9. The molecule has 2 aromatic rings. The van der Waals surface area contributed by atoms with E-state index in [9.17, 15) is 13.2 Å². The Bertz CT molecular complexity index is 890. The molecule has 2 aliphatic rings. The minimum atomic E-state index is -4.35. The summed E-state index contributed by atoms with van der Waals surface area (Å²) in [6.45, 7) is 3.80. The average molecular weight is 596 g/mol. The third kappa shape index (κ3) is 4.63. The number of allylic oxidation sites excluding steroid dienone is 1. The van der Waals surface area contributed by atoms with Crippen LogP contribution in [0.15, 0.2) is 24.4 Å². The number of fused-ring (bicyclic) bond motifs is 1. The predicted octanol–water partition coefficient (Wildman–Crippen LogP) is 2.84. The van der Waals surface area contributed by atoms with Gasteiger partial charge in [-0.25, -0.2) is 0 Å². The van der Waals surface area contributed by atoms with E-state index in [0.717, 1.165) is 92.5 Å². The number of pyridine rings is 1. The van der Waals surface area contributed by atoms with Crippen LogP contribution in [0.3, 0.4) is 0 Å². The van der Waals surface area contributed by atoms with E-state index in [-0.39, 0.29) is 0 Å². The predicted molar refractivity (Wildman–Crippen MR) is 106 cm³/mol. The summed E-state index contributed by atoms with van der Waals surface area (Å²) in [6, 6.07) is 2.57. The van der Waals surface area contributed by atoms with E-state index in [2.05, 4.69) is 37.1 Å². The maximum absolute atomic E-state index is 12.7. The van der Waals surface area contributed by atoms with Gasteiger partial charge in [0.2, 0.25) is 0 Å². The number of halogens is 3. The van der Waals surface area contributed by atoms with Gasteiger partial charge in [-0.2, -0.15) is 13.2 Å². The van der Waals surface area contributed by atoms with Crippen molar-refractivity contribution >= 4 is 37.7 Å². The van der Waals surface area contributed by atoms with Crippen LogP contribution < -0.4 is 4.90 Å². The zero-order valence-corrected chi connectivity index (χ0v) is 19.8. The summed E-state index contributed by atoms with van der Waals surface area (Å²) in [5.41, 5.74) is 3.66. The van der Waals surface area contributed by atoms with Gasteiger partial charge >= 0.3 is 153 Å². The van der Waals surface area contributed by atoms with Gasteiger partial charge in [-0.1, -0.05) is 0 Å².